The van der Waals surface area contributed by atoms with Crippen LogP contribution in [0.5, 0.6) is 0 Å². The van der Waals surface area contributed by atoms with E-state index in [2.05, 4.69) is 11.9 Å². The molecular weight excluding hydrogens is 154 g/mol. The molecule has 0 amide bonds. The Labute approximate surface area is 73.5 Å². The van der Waals surface area contributed by atoms with Gasteiger partial charge >= 0.3 is 5.97 Å². The Hall–Kier alpha value is -0.830. The summed E-state index contributed by atoms with van der Waals surface area (Å²) in [5.41, 5.74) is 0. The quantitative estimate of drug-likeness (QED) is 0.449. The Kier molecular flexibility index (Phi) is 6.38. The fourth-order valence-electron chi connectivity index (χ4n) is 0.874. The summed E-state index contributed by atoms with van der Waals surface area (Å²) in [6.45, 7) is 6.47. The number of hydrogen-bond donors (Lipinski definition) is 2. The molecule has 0 aromatic carbocycles. The number of carboxylic acid groups (broad SMARTS) is 1. The number of aliphatic carboxylic acids is 1. The molecule has 0 aliphatic heterocycles. The van der Waals surface area contributed by atoms with Crippen LogP contribution in [0.15, 0.2) is 12.7 Å². The van der Waals surface area contributed by atoms with Crippen LogP contribution in [0.3, 0.4) is 0 Å². The highest BCUT2D eigenvalue weighted by Crippen LogP contribution is 1.95. The van der Waals surface area contributed by atoms with Gasteiger partial charge in [-0.25, -0.2) is 0 Å². The molecule has 0 radical (unpaired) electrons. The predicted molar refractivity (Wildman–Crippen MR) is 49.1 cm³/mol. The van der Waals surface area contributed by atoms with E-state index in [1.807, 2.05) is 13.0 Å². The van der Waals surface area contributed by atoms with Crippen molar-refractivity contribution < 1.29 is 9.90 Å². The van der Waals surface area contributed by atoms with Crippen molar-refractivity contribution in [3.63, 3.8) is 0 Å². The standard InChI is InChI=1S/C9H17NO2/c1-3-4-7-10-8(2)5-6-9(11)12/h3,8,10H,1,4-7H2,2H3,(H,11,12). The molecule has 0 saturated carbocycles. The summed E-state index contributed by atoms with van der Waals surface area (Å²) in [6.07, 6.45) is 3.70. The van der Waals surface area contributed by atoms with E-state index in [1.54, 1.807) is 0 Å². The minimum atomic E-state index is -0.729. The van der Waals surface area contributed by atoms with Gasteiger partial charge in [0.15, 0.2) is 0 Å². The van der Waals surface area contributed by atoms with Gasteiger partial charge in [0.1, 0.15) is 0 Å². The van der Waals surface area contributed by atoms with Crippen molar-refractivity contribution in [2.24, 2.45) is 0 Å². The van der Waals surface area contributed by atoms with Gasteiger partial charge in [-0.15, -0.1) is 6.58 Å². The lowest BCUT2D eigenvalue weighted by atomic mass is 10.2. The maximum absolute atomic E-state index is 10.2. The minimum absolute atomic E-state index is 0.238. The minimum Gasteiger partial charge on any atom is -0.481 e. The molecule has 0 aliphatic carbocycles. The first-order chi connectivity index (χ1) is 5.66. The van der Waals surface area contributed by atoms with Gasteiger partial charge in [0, 0.05) is 12.5 Å². The number of carbonyl (C=O) groups is 1. The van der Waals surface area contributed by atoms with Crippen LogP contribution in [0.25, 0.3) is 0 Å². The van der Waals surface area contributed by atoms with Crippen molar-refractivity contribution in [3.05, 3.63) is 12.7 Å². The molecule has 3 nitrogen and oxygen atoms in total. The summed E-state index contributed by atoms with van der Waals surface area (Å²) in [4.78, 5) is 10.2. The molecule has 0 spiro atoms. The third-order valence-corrected chi connectivity index (χ3v) is 1.63. The normalized spacial score (nSPS) is 12.4. The molecule has 0 aromatic heterocycles. The van der Waals surface area contributed by atoms with Crippen molar-refractivity contribution in [2.75, 3.05) is 6.54 Å². The zero-order valence-corrected chi connectivity index (χ0v) is 7.55. The van der Waals surface area contributed by atoms with E-state index < -0.39 is 5.97 Å². The van der Waals surface area contributed by atoms with E-state index in [0.717, 1.165) is 13.0 Å². The maximum Gasteiger partial charge on any atom is 0.303 e. The molecule has 3 heteroatoms. The SMILES string of the molecule is C=CCCNC(C)CCC(=O)O. The topological polar surface area (TPSA) is 49.3 Å². The smallest absolute Gasteiger partial charge is 0.303 e. The highest BCUT2D eigenvalue weighted by Gasteiger charge is 2.03. The largest absolute Gasteiger partial charge is 0.481 e. The number of carboxylic acids is 1. The second kappa shape index (κ2) is 6.85. The summed E-state index contributed by atoms with van der Waals surface area (Å²) in [6, 6.07) is 0.279. The summed E-state index contributed by atoms with van der Waals surface area (Å²) in [5.74, 6) is -0.729. The Morgan fingerprint density at radius 3 is 2.92 bits per heavy atom. The van der Waals surface area contributed by atoms with Crippen molar-refractivity contribution in [1.29, 1.82) is 0 Å². The van der Waals surface area contributed by atoms with Gasteiger partial charge in [-0.1, -0.05) is 6.08 Å². The van der Waals surface area contributed by atoms with E-state index in [-0.39, 0.29) is 12.5 Å². The second-order valence-corrected chi connectivity index (χ2v) is 2.86. The average molecular weight is 171 g/mol. The van der Waals surface area contributed by atoms with Gasteiger partial charge in [0.2, 0.25) is 0 Å². The molecule has 0 bridgehead atoms. The predicted octanol–water partition coefficient (Wildman–Crippen LogP) is 1.41. The Morgan fingerprint density at radius 1 is 1.75 bits per heavy atom. The highest BCUT2D eigenvalue weighted by atomic mass is 16.4. The summed E-state index contributed by atoms with van der Waals surface area (Å²) in [5, 5.41) is 11.6. The van der Waals surface area contributed by atoms with Gasteiger partial charge in [-0.05, 0) is 26.3 Å². The monoisotopic (exact) mass is 171 g/mol. The third kappa shape index (κ3) is 7.28. The molecule has 0 heterocycles. The summed E-state index contributed by atoms with van der Waals surface area (Å²) in [7, 11) is 0. The highest BCUT2D eigenvalue weighted by molar-refractivity contribution is 5.66. The number of nitrogens with one attached hydrogen (secondary N) is 1. The number of rotatable bonds is 7. The van der Waals surface area contributed by atoms with Crippen LogP contribution in [0, 0.1) is 0 Å². The van der Waals surface area contributed by atoms with Crippen molar-refractivity contribution in [2.45, 2.75) is 32.2 Å². The van der Waals surface area contributed by atoms with Gasteiger partial charge in [0.25, 0.3) is 0 Å². The molecular formula is C9H17NO2. The Bertz CT molecular complexity index is 145. The molecule has 12 heavy (non-hydrogen) atoms. The van der Waals surface area contributed by atoms with Crippen LogP contribution >= 0.6 is 0 Å². The van der Waals surface area contributed by atoms with E-state index in [1.165, 1.54) is 0 Å². The van der Waals surface area contributed by atoms with Crippen molar-refractivity contribution >= 4 is 5.97 Å². The second-order valence-electron chi connectivity index (χ2n) is 2.86. The molecule has 0 aliphatic rings. The Balaban J connectivity index is 3.26. The van der Waals surface area contributed by atoms with Gasteiger partial charge < -0.3 is 10.4 Å². The van der Waals surface area contributed by atoms with Crippen LogP contribution in [0.4, 0.5) is 0 Å². The van der Waals surface area contributed by atoms with Crippen LogP contribution in [-0.2, 0) is 4.79 Å². The van der Waals surface area contributed by atoms with Crippen LogP contribution in [0.1, 0.15) is 26.2 Å². The summed E-state index contributed by atoms with van der Waals surface area (Å²) < 4.78 is 0. The van der Waals surface area contributed by atoms with Crippen LogP contribution in [-0.4, -0.2) is 23.7 Å². The lowest BCUT2D eigenvalue weighted by Gasteiger charge is -2.10. The zero-order chi connectivity index (χ0) is 9.40. The molecule has 0 saturated heterocycles. The first-order valence-electron chi connectivity index (χ1n) is 4.23. The van der Waals surface area contributed by atoms with Crippen LogP contribution in [0.2, 0.25) is 0 Å². The fourth-order valence-corrected chi connectivity index (χ4v) is 0.874. The molecule has 0 rings (SSSR count). The fraction of sp³-hybridized carbons (Fsp3) is 0.667. The van der Waals surface area contributed by atoms with Gasteiger partial charge in [0.05, 0.1) is 0 Å². The van der Waals surface area contributed by atoms with Gasteiger partial charge in [-0.3, -0.25) is 4.79 Å². The lowest BCUT2D eigenvalue weighted by Crippen LogP contribution is -2.27. The lowest BCUT2D eigenvalue weighted by molar-refractivity contribution is -0.137. The van der Waals surface area contributed by atoms with Gasteiger partial charge in [-0.2, -0.15) is 0 Å². The zero-order valence-electron chi connectivity index (χ0n) is 7.55. The average Bonchev–Trinajstić information content (AvgIpc) is 2.01. The molecule has 1 atom stereocenters. The molecule has 0 aromatic rings. The first-order valence-corrected chi connectivity index (χ1v) is 4.23. The first kappa shape index (κ1) is 11.2. The van der Waals surface area contributed by atoms with E-state index in [9.17, 15) is 4.79 Å². The third-order valence-electron chi connectivity index (χ3n) is 1.63. The summed E-state index contributed by atoms with van der Waals surface area (Å²) >= 11 is 0. The molecule has 0 fully saturated rings. The van der Waals surface area contributed by atoms with E-state index >= 15 is 0 Å². The molecule has 2 N–H and O–H groups in total. The number of hydrogen-bond acceptors (Lipinski definition) is 2. The maximum atomic E-state index is 10.2. The van der Waals surface area contributed by atoms with Crippen molar-refractivity contribution in [1.82, 2.24) is 5.32 Å². The molecule has 1 unspecified atom stereocenters. The van der Waals surface area contributed by atoms with Crippen molar-refractivity contribution in [3.8, 4) is 0 Å². The Morgan fingerprint density at radius 2 is 2.42 bits per heavy atom. The van der Waals surface area contributed by atoms with E-state index in [4.69, 9.17) is 5.11 Å². The van der Waals surface area contributed by atoms with E-state index in [0.29, 0.717) is 6.42 Å². The van der Waals surface area contributed by atoms with Crippen LogP contribution < -0.4 is 5.32 Å². The molecule has 70 valence electrons.